The summed E-state index contributed by atoms with van der Waals surface area (Å²) >= 11 is 1.54. The molecule has 1 aromatic heterocycles. The molecule has 1 N–H and O–H groups in total. The standard InChI is InChI=1S/C13H17NO3S/c1-17-12(15)8-10(11-6-3-7-18-11)14-13(16)9-4-2-5-9/h3,6-7,9-10H,2,4-5,8H2,1H3,(H,14,16). The molecule has 1 atom stereocenters. The summed E-state index contributed by atoms with van der Waals surface area (Å²) in [5.41, 5.74) is 0. The van der Waals surface area contributed by atoms with Crippen molar-refractivity contribution in [1.29, 1.82) is 0 Å². The average molecular weight is 267 g/mol. The zero-order valence-electron chi connectivity index (χ0n) is 10.3. The largest absolute Gasteiger partial charge is 0.469 e. The summed E-state index contributed by atoms with van der Waals surface area (Å²) < 4.78 is 4.68. The first-order chi connectivity index (χ1) is 8.70. The quantitative estimate of drug-likeness (QED) is 0.833. The topological polar surface area (TPSA) is 55.4 Å². The van der Waals surface area contributed by atoms with Gasteiger partial charge in [0.15, 0.2) is 0 Å². The number of carbonyl (C=O) groups excluding carboxylic acids is 2. The molecule has 0 aliphatic heterocycles. The fourth-order valence-corrected chi connectivity index (χ4v) is 2.70. The lowest BCUT2D eigenvalue weighted by Gasteiger charge is -2.26. The first-order valence-corrected chi connectivity index (χ1v) is 6.99. The van der Waals surface area contributed by atoms with Crippen molar-refractivity contribution < 1.29 is 14.3 Å². The molecule has 1 aliphatic rings. The van der Waals surface area contributed by atoms with Gasteiger partial charge in [0.2, 0.25) is 5.91 Å². The van der Waals surface area contributed by atoms with Crippen molar-refractivity contribution in [3.05, 3.63) is 22.4 Å². The van der Waals surface area contributed by atoms with E-state index in [4.69, 9.17) is 0 Å². The van der Waals surface area contributed by atoms with E-state index in [0.29, 0.717) is 0 Å². The third-order valence-electron chi connectivity index (χ3n) is 3.28. The predicted octanol–water partition coefficient (Wildman–Crippen LogP) is 2.27. The van der Waals surface area contributed by atoms with Crippen molar-refractivity contribution in [2.45, 2.75) is 31.7 Å². The summed E-state index contributed by atoms with van der Waals surface area (Å²) in [6.45, 7) is 0. The minimum absolute atomic E-state index is 0.0588. The molecule has 0 saturated heterocycles. The third-order valence-corrected chi connectivity index (χ3v) is 4.26. The van der Waals surface area contributed by atoms with E-state index < -0.39 is 0 Å². The molecule has 0 bridgehead atoms. The molecule has 1 unspecified atom stereocenters. The Hall–Kier alpha value is -1.36. The molecular formula is C13H17NO3S. The van der Waals surface area contributed by atoms with Crippen molar-refractivity contribution in [2.75, 3.05) is 7.11 Å². The van der Waals surface area contributed by atoms with Gasteiger partial charge in [-0.05, 0) is 24.3 Å². The zero-order chi connectivity index (χ0) is 13.0. The lowest BCUT2D eigenvalue weighted by Crippen LogP contribution is -2.37. The Labute approximate surface area is 110 Å². The molecule has 18 heavy (non-hydrogen) atoms. The maximum Gasteiger partial charge on any atom is 0.307 e. The van der Waals surface area contributed by atoms with E-state index in [2.05, 4.69) is 10.1 Å². The van der Waals surface area contributed by atoms with Crippen LogP contribution in [-0.2, 0) is 14.3 Å². The molecule has 4 nitrogen and oxygen atoms in total. The highest BCUT2D eigenvalue weighted by atomic mass is 32.1. The maximum atomic E-state index is 11.9. The van der Waals surface area contributed by atoms with Gasteiger partial charge in [0.05, 0.1) is 19.6 Å². The van der Waals surface area contributed by atoms with Gasteiger partial charge in [-0.2, -0.15) is 0 Å². The van der Waals surface area contributed by atoms with Crippen LogP contribution in [0.2, 0.25) is 0 Å². The van der Waals surface area contributed by atoms with Crippen LogP contribution in [0.1, 0.15) is 36.6 Å². The minimum atomic E-state index is -0.303. The molecule has 1 fully saturated rings. The average Bonchev–Trinajstić information content (AvgIpc) is 2.78. The number of carbonyl (C=O) groups is 2. The van der Waals surface area contributed by atoms with E-state index in [0.717, 1.165) is 24.1 Å². The Kier molecular flexibility index (Phi) is 4.36. The Balaban J connectivity index is 1.99. The van der Waals surface area contributed by atoms with Gasteiger partial charge in [0, 0.05) is 10.8 Å². The van der Waals surface area contributed by atoms with Gasteiger partial charge in [-0.1, -0.05) is 12.5 Å². The Morgan fingerprint density at radius 3 is 2.83 bits per heavy atom. The van der Waals surface area contributed by atoms with Gasteiger partial charge < -0.3 is 10.1 Å². The van der Waals surface area contributed by atoms with E-state index in [-0.39, 0.29) is 30.3 Å². The van der Waals surface area contributed by atoms with Crippen molar-refractivity contribution >= 4 is 23.2 Å². The van der Waals surface area contributed by atoms with Gasteiger partial charge in [-0.15, -0.1) is 11.3 Å². The van der Waals surface area contributed by atoms with Crippen LogP contribution in [0.5, 0.6) is 0 Å². The summed E-state index contributed by atoms with van der Waals surface area (Å²) in [6.07, 6.45) is 3.23. The lowest BCUT2D eigenvalue weighted by atomic mass is 9.84. The van der Waals surface area contributed by atoms with Gasteiger partial charge >= 0.3 is 5.97 Å². The second kappa shape index (κ2) is 6.00. The second-order valence-electron chi connectivity index (χ2n) is 4.48. The number of hydrogen-bond donors (Lipinski definition) is 1. The first-order valence-electron chi connectivity index (χ1n) is 6.11. The van der Waals surface area contributed by atoms with E-state index >= 15 is 0 Å². The van der Waals surface area contributed by atoms with Crippen LogP contribution < -0.4 is 5.32 Å². The molecular weight excluding hydrogens is 250 g/mol. The molecule has 98 valence electrons. The molecule has 1 saturated carbocycles. The summed E-state index contributed by atoms with van der Waals surface area (Å²) in [5.74, 6) is -0.115. The molecule has 5 heteroatoms. The van der Waals surface area contributed by atoms with Crippen LogP contribution in [0, 0.1) is 5.92 Å². The van der Waals surface area contributed by atoms with Gasteiger partial charge in [0.25, 0.3) is 0 Å². The van der Waals surface area contributed by atoms with E-state index in [1.807, 2.05) is 17.5 Å². The monoisotopic (exact) mass is 267 g/mol. The molecule has 0 spiro atoms. The van der Waals surface area contributed by atoms with Crippen LogP contribution in [0.4, 0.5) is 0 Å². The highest BCUT2D eigenvalue weighted by Crippen LogP contribution is 2.29. The van der Waals surface area contributed by atoms with Gasteiger partial charge in [-0.25, -0.2) is 0 Å². The molecule has 0 radical (unpaired) electrons. The van der Waals surface area contributed by atoms with Crippen molar-refractivity contribution in [3.63, 3.8) is 0 Å². The van der Waals surface area contributed by atoms with E-state index in [1.165, 1.54) is 7.11 Å². The number of hydrogen-bond acceptors (Lipinski definition) is 4. The summed E-state index contributed by atoms with van der Waals surface area (Å²) in [4.78, 5) is 24.3. The molecule has 1 amide bonds. The Morgan fingerprint density at radius 2 is 2.33 bits per heavy atom. The van der Waals surface area contributed by atoms with E-state index in [1.54, 1.807) is 11.3 Å². The number of nitrogens with one attached hydrogen (secondary N) is 1. The number of ether oxygens (including phenoxy) is 1. The van der Waals surface area contributed by atoms with Crippen molar-refractivity contribution in [1.82, 2.24) is 5.32 Å². The summed E-state index contributed by atoms with van der Waals surface area (Å²) in [6, 6.07) is 3.59. The maximum absolute atomic E-state index is 11.9. The highest BCUT2D eigenvalue weighted by Gasteiger charge is 2.28. The third kappa shape index (κ3) is 3.10. The fourth-order valence-electron chi connectivity index (χ4n) is 1.92. The summed E-state index contributed by atoms with van der Waals surface area (Å²) in [5, 5.41) is 4.90. The molecule has 0 aromatic carbocycles. The molecule has 2 rings (SSSR count). The highest BCUT2D eigenvalue weighted by molar-refractivity contribution is 7.10. The van der Waals surface area contributed by atoms with Crippen LogP contribution >= 0.6 is 11.3 Å². The SMILES string of the molecule is COC(=O)CC(NC(=O)C1CCC1)c1cccs1. The predicted molar refractivity (Wildman–Crippen MR) is 69.2 cm³/mol. The van der Waals surface area contributed by atoms with E-state index in [9.17, 15) is 9.59 Å². The lowest BCUT2D eigenvalue weighted by molar-refractivity contribution is -0.141. The smallest absolute Gasteiger partial charge is 0.307 e. The Morgan fingerprint density at radius 1 is 1.56 bits per heavy atom. The van der Waals surface area contributed by atoms with Crippen LogP contribution in [0.15, 0.2) is 17.5 Å². The van der Waals surface area contributed by atoms with Crippen molar-refractivity contribution in [2.24, 2.45) is 5.92 Å². The number of rotatable bonds is 5. The Bertz CT molecular complexity index is 412. The van der Waals surface area contributed by atoms with Crippen LogP contribution in [0.25, 0.3) is 0 Å². The van der Waals surface area contributed by atoms with Gasteiger partial charge in [-0.3, -0.25) is 9.59 Å². The fraction of sp³-hybridized carbons (Fsp3) is 0.538. The summed E-state index contributed by atoms with van der Waals surface area (Å²) in [7, 11) is 1.36. The number of thiophene rings is 1. The van der Waals surface area contributed by atoms with Crippen molar-refractivity contribution in [3.8, 4) is 0 Å². The van der Waals surface area contributed by atoms with Crippen LogP contribution in [-0.4, -0.2) is 19.0 Å². The molecule has 1 aliphatic carbocycles. The number of amides is 1. The number of esters is 1. The van der Waals surface area contributed by atoms with Crippen LogP contribution in [0.3, 0.4) is 0 Å². The number of methoxy groups -OCH3 is 1. The first kappa shape index (κ1) is 13.1. The normalized spacial score (nSPS) is 16.7. The minimum Gasteiger partial charge on any atom is -0.469 e. The molecule has 1 aromatic rings. The second-order valence-corrected chi connectivity index (χ2v) is 5.46. The zero-order valence-corrected chi connectivity index (χ0v) is 11.2. The van der Waals surface area contributed by atoms with Gasteiger partial charge in [0.1, 0.15) is 0 Å². The molecule has 1 heterocycles.